The minimum absolute atomic E-state index is 0.188. The van der Waals surface area contributed by atoms with Crippen LogP contribution >= 0.6 is 11.6 Å². The molecule has 0 radical (unpaired) electrons. The van der Waals surface area contributed by atoms with Gasteiger partial charge in [0.05, 0.1) is 5.02 Å². The SMILES string of the molecule is CC(C)c1ccccc1Nc1ncc(Cl)cc1F. The molecular formula is C14H14ClFN2. The van der Waals surface area contributed by atoms with Gasteiger partial charge in [0.2, 0.25) is 0 Å². The van der Waals surface area contributed by atoms with Gasteiger partial charge in [-0.05, 0) is 23.6 Å². The van der Waals surface area contributed by atoms with Crippen LogP contribution in [0.15, 0.2) is 36.5 Å². The number of pyridine rings is 1. The summed E-state index contributed by atoms with van der Waals surface area (Å²) < 4.78 is 13.7. The summed E-state index contributed by atoms with van der Waals surface area (Å²) >= 11 is 5.67. The summed E-state index contributed by atoms with van der Waals surface area (Å²) in [6.07, 6.45) is 1.42. The van der Waals surface area contributed by atoms with E-state index < -0.39 is 5.82 Å². The van der Waals surface area contributed by atoms with Crippen LogP contribution in [0.4, 0.5) is 15.9 Å². The Bertz CT molecular complexity index is 555. The molecule has 18 heavy (non-hydrogen) atoms. The number of benzene rings is 1. The average molecular weight is 265 g/mol. The molecule has 1 heterocycles. The maximum absolute atomic E-state index is 13.7. The summed E-state index contributed by atoms with van der Waals surface area (Å²) in [5, 5.41) is 3.29. The van der Waals surface area contributed by atoms with Gasteiger partial charge in [0.25, 0.3) is 0 Å². The first-order valence-electron chi connectivity index (χ1n) is 5.75. The highest BCUT2D eigenvalue weighted by Gasteiger charge is 2.09. The third kappa shape index (κ3) is 2.79. The number of rotatable bonds is 3. The number of hydrogen-bond donors (Lipinski definition) is 1. The van der Waals surface area contributed by atoms with Crippen molar-refractivity contribution in [2.75, 3.05) is 5.32 Å². The second-order valence-corrected chi connectivity index (χ2v) is 4.79. The van der Waals surface area contributed by atoms with Crippen LogP contribution in [0.1, 0.15) is 25.3 Å². The van der Waals surface area contributed by atoms with E-state index in [0.717, 1.165) is 11.3 Å². The Kier molecular flexibility index (Phi) is 3.82. The zero-order valence-electron chi connectivity index (χ0n) is 10.2. The molecule has 4 heteroatoms. The summed E-state index contributed by atoms with van der Waals surface area (Å²) in [6.45, 7) is 4.18. The average Bonchev–Trinajstić information content (AvgIpc) is 2.33. The number of aromatic nitrogens is 1. The van der Waals surface area contributed by atoms with Crippen molar-refractivity contribution in [3.05, 3.63) is 52.9 Å². The summed E-state index contributed by atoms with van der Waals surface area (Å²) in [4.78, 5) is 3.96. The lowest BCUT2D eigenvalue weighted by molar-refractivity contribution is 0.626. The molecule has 1 N–H and O–H groups in total. The van der Waals surface area contributed by atoms with Crippen LogP contribution in [-0.2, 0) is 0 Å². The standard InChI is InChI=1S/C14H14ClFN2/c1-9(2)11-5-3-4-6-13(11)18-14-12(16)7-10(15)8-17-14/h3-9H,1-2H3,(H,17,18). The molecular weight excluding hydrogens is 251 g/mol. The van der Waals surface area contributed by atoms with Crippen LogP contribution in [0.25, 0.3) is 0 Å². The second-order valence-electron chi connectivity index (χ2n) is 4.35. The highest BCUT2D eigenvalue weighted by atomic mass is 35.5. The van der Waals surface area contributed by atoms with Crippen molar-refractivity contribution in [1.82, 2.24) is 4.98 Å². The molecule has 1 aromatic heterocycles. The number of halogens is 2. The van der Waals surface area contributed by atoms with Gasteiger partial charge in [-0.3, -0.25) is 0 Å². The minimum atomic E-state index is -0.457. The molecule has 2 rings (SSSR count). The van der Waals surface area contributed by atoms with E-state index >= 15 is 0 Å². The summed E-state index contributed by atoms with van der Waals surface area (Å²) in [7, 11) is 0. The monoisotopic (exact) mass is 264 g/mol. The largest absolute Gasteiger partial charge is 0.338 e. The fourth-order valence-electron chi connectivity index (χ4n) is 1.75. The van der Waals surface area contributed by atoms with Gasteiger partial charge in [0.1, 0.15) is 0 Å². The number of hydrogen-bond acceptors (Lipinski definition) is 2. The summed E-state index contributed by atoms with van der Waals surface area (Å²) in [5.41, 5.74) is 1.98. The first-order chi connectivity index (χ1) is 8.58. The molecule has 0 bridgehead atoms. The molecule has 0 saturated heterocycles. The highest BCUT2D eigenvalue weighted by molar-refractivity contribution is 6.30. The molecule has 0 spiro atoms. The van der Waals surface area contributed by atoms with E-state index in [1.54, 1.807) is 0 Å². The van der Waals surface area contributed by atoms with Gasteiger partial charge in [-0.2, -0.15) is 0 Å². The molecule has 0 aliphatic heterocycles. The van der Waals surface area contributed by atoms with E-state index in [2.05, 4.69) is 24.1 Å². The first kappa shape index (κ1) is 12.8. The van der Waals surface area contributed by atoms with Gasteiger partial charge in [-0.1, -0.05) is 43.6 Å². The Morgan fingerprint density at radius 3 is 2.67 bits per heavy atom. The van der Waals surface area contributed by atoms with Crippen molar-refractivity contribution in [3.63, 3.8) is 0 Å². The van der Waals surface area contributed by atoms with Gasteiger partial charge in [0.15, 0.2) is 11.6 Å². The normalized spacial score (nSPS) is 10.7. The van der Waals surface area contributed by atoms with Gasteiger partial charge in [-0.15, -0.1) is 0 Å². The molecule has 0 saturated carbocycles. The smallest absolute Gasteiger partial charge is 0.167 e. The first-order valence-corrected chi connectivity index (χ1v) is 6.12. The molecule has 0 fully saturated rings. The van der Waals surface area contributed by atoms with Crippen LogP contribution < -0.4 is 5.32 Å². The maximum Gasteiger partial charge on any atom is 0.167 e. The predicted molar refractivity (Wildman–Crippen MR) is 73.0 cm³/mol. The fourth-order valence-corrected chi connectivity index (χ4v) is 1.89. The van der Waals surface area contributed by atoms with Gasteiger partial charge >= 0.3 is 0 Å². The molecule has 0 aliphatic carbocycles. The highest BCUT2D eigenvalue weighted by Crippen LogP contribution is 2.27. The fraction of sp³-hybridized carbons (Fsp3) is 0.214. The lowest BCUT2D eigenvalue weighted by Crippen LogP contribution is -2.01. The van der Waals surface area contributed by atoms with Crippen molar-refractivity contribution < 1.29 is 4.39 Å². The lowest BCUT2D eigenvalue weighted by Gasteiger charge is -2.14. The molecule has 0 atom stereocenters. The molecule has 2 aromatic rings. The molecule has 0 aliphatic rings. The van der Waals surface area contributed by atoms with Crippen LogP contribution in [0.3, 0.4) is 0 Å². The van der Waals surface area contributed by atoms with Crippen molar-refractivity contribution in [1.29, 1.82) is 0 Å². The number of nitrogens with one attached hydrogen (secondary N) is 1. The Morgan fingerprint density at radius 1 is 1.28 bits per heavy atom. The Balaban J connectivity index is 2.34. The van der Waals surface area contributed by atoms with Crippen molar-refractivity contribution >= 4 is 23.1 Å². The Hall–Kier alpha value is -1.61. The Labute approximate surface area is 111 Å². The van der Waals surface area contributed by atoms with Gasteiger partial charge in [-0.25, -0.2) is 9.37 Å². The number of para-hydroxylation sites is 1. The van der Waals surface area contributed by atoms with Crippen molar-refractivity contribution in [2.24, 2.45) is 0 Å². The third-order valence-electron chi connectivity index (χ3n) is 2.64. The van der Waals surface area contributed by atoms with E-state index in [9.17, 15) is 4.39 Å². The van der Waals surface area contributed by atoms with Gasteiger partial charge in [0, 0.05) is 11.9 Å². The van der Waals surface area contributed by atoms with Crippen LogP contribution in [0.5, 0.6) is 0 Å². The van der Waals surface area contributed by atoms with Crippen molar-refractivity contribution in [3.8, 4) is 0 Å². The van der Waals surface area contributed by atoms with Gasteiger partial charge < -0.3 is 5.32 Å². The van der Waals surface area contributed by atoms with E-state index in [-0.39, 0.29) is 10.8 Å². The topological polar surface area (TPSA) is 24.9 Å². The molecule has 0 unspecified atom stereocenters. The second kappa shape index (κ2) is 5.36. The zero-order chi connectivity index (χ0) is 13.1. The third-order valence-corrected chi connectivity index (χ3v) is 2.85. The van der Waals surface area contributed by atoms with E-state index in [1.807, 2.05) is 24.3 Å². The van der Waals surface area contributed by atoms with E-state index in [1.165, 1.54) is 12.3 Å². The maximum atomic E-state index is 13.7. The van der Waals surface area contributed by atoms with E-state index in [0.29, 0.717) is 5.92 Å². The van der Waals surface area contributed by atoms with Crippen LogP contribution in [0.2, 0.25) is 5.02 Å². The molecule has 0 amide bonds. The van der Waals surface area contributed by atoms with Crippen LogP contribution in [-0.4, -0.2) is 4.98 Å². The summed E-state index contributed by atoms with van der Waals surface area (Å²) in [5.74, 6) is 0.0811. The minimum Gasteiger partial charge on any atom is -0.338 e. The van der Waals surface area contributed by atoms with E-state index in [4.69, 9.17) is 11.6 Å². The quantitative estimate of drug-likeness (QED) is 0.866. The summed E-state index contributed by atoms with van der Waals surface area (Å²) in [6, 6.07) is 9.04. The van der Waals surface area contributed by atoms with Crippen LogP contribution in [0, 0.1) is 5.82 Å². The zero-order valence-corrected chi connectivity index (χ0v) is 11.0. The predicted octanol–water partition coefficient (Wildman–Crippen LogP) is 4.74. The molecule has 1 aromatic carbocycles. The number of anilines is 2. The molecule has 2 nitrogen and oxygen atoms in total. The molecule has 94 valence electrons. The lowest BCUT2D eigenvalue weighted by atomic mass is 10.0. The number of nitrogens with zero attached hydrogens (tertiary/aromatic N) is 1. The van der Waals surface area contributed by atoms with Crippen molar-refractivity contribution in [2.45, 2.75) is 19.8 Å². The Morgan fingerprint density at radius 2 is 2.00 bits per heavy atom.